The SMILES string of the molecule is CCc1ccc(N(C)CC(C)(NC2CC2)C(=O)OC)cc1. The minimum Gasteiger partial charge on any atom is -0.468 e. The number of rotatable bonds is 7. The number of anilines is 1. The second-order valence-electron chi connectivity index (χ2n) is 6.12. The lowest BCUT2D eigenvalue weighted by atomic mass is 10.0. The summed E-state index contributed by atoms with van der Waals surface area (Å²) in [5, 5.41) is 3.43. The molecule has 1 aliphatic rings. The van der Waals surface area contributed by atoms with Gasteiger partial charge in [-0.1, -0.05) is 19.1 Å². The van der Waals surface area contributed by atoms with E-state index in [0.29, 0.717) is 12.6 Å². The Hall–Kier alpha value is -1.55. The van der Waals surface area contributed by atoms with Crippen molar-refractivity contribution in [3.05, 3.63) is 29.8 Å². The molecular weight excluding hydrogens is 264 g/mol. The van der Waals surface area contributed by atoms with Gasteiger partial charge in [0, 0.05) is 25.3 Å². The first kappa shape index (κ1) is 15.8. The molecule has 0 spiro atoms. The highest BCUT2D eigenvalue weighted by molar-refractivity contribution is 5.81. The predicted molar refractivity (Wildman–Crippen MR) is 85.7 cm³/mol. The summed E-state index contributed by atoms with van der Waals surface area (Å²) >= 11 is 0. The number of nitrogens with one attached hydrogen (secondary N) is 1. The second-order valence-corrected chi connectivity index (χ2v) is 6.12. The largest absolute Gasteiger partial charge is 0.468 e. The molecule has 21 heavy (non-hydrogen) atoms. The van der Waals surface area contributed by atoms with Gasteiger partial charge in [-0.3, -0.25) is 5.32 Å². The number of benzene rings is 1. The van der Waals surface area contributed by atoms with Crippen molar-refractivity contribution in [1.82, 2.24) is 5.32 Å². The molecular formula is C17H26N2O2. The molecule has 1 unspecified atom stereocenters. The summed E-state index contributed by atoms with van der Waals surface area (Å²) in [4.78, 5) is 14.3. The average Bonchev–Trinajstić information content (AvgIpc) is 3.29. The summed E-state index contributed by atoms with van der Waals surface area (Å²) in [6.45, 7) is 4.66. The number of carbonyl (C=O) groups excluding carboxylic acids is 1. The van der Waals surface area contributed by atoms with Gasteiger partial charge in [-0.05, 0) is 43.9 Å². The highest BCUT2D eigenvalue weighted by Gasteiger charge is 2.40. The molecule has 1 atom stereocenters. The first-order chi connectivity index (χ1) is 9.98. The lowest BCUT2D eigenvalue weighted by Gasteiger charge is -2.33. The van der Waals surface area contributed by atoms with Gasteiger partial charge in [-0.2, -0.15) is 0 Å². The minimum atomic E-state index is -0.673. The van der Waals surface area contributed by atoms with Crippen LogP contribution in [0.4, 0.5) is 5.69 Å². The molecule has 1 saturated carbocycles. The molecule has 0 saturated heterocycles. The summed E-state index contributed by atoms with van der Waals surface area (Å²) in [7, 11) is 3.46. The zero-order chi connectivity index (χ0) is 15.5. The van der Waals surface area contributed by atoms with E-state index in [4.69, 9.17) is 4.74 Å². The molecule has 0 heterocycles. The Morgan fingerprint density at radius 1 is 1.38 bits per heavy atom. The van der Waals surface area contributed by atoms with Gasteiger partial charge >= 0.3 is 5.97 Å². The number of ether oxygens (including phenoxy) is 1. The van der Waals surface area contributed by atoms with Crippen molar-refractivity contribution in [3.8, 4) is 0 Å². The van der Waals surface area contributed by atoms with Crippen molar-refractivity contribution < 1.29 is 9.53 Å². The molecule has 1 N–H and O–H groups in total. The molecule has 1 aliphatic carbocycles. The smallest absolute Gasteiger partial charge is 0.327 e. The maximum absolute atomic E-state index is 12.2. The summed E-state index contributed by atoms with van der Waals surface area (Å²) < 4.78 is 4.99. The molecule has 2 rings (SSSR count). The molecule has 1 aromatic rings. The van der Waals surface area contributed by atoms with Crippen LogP contribution >= 0.6 is 0 Å². The summed E-state index contributed by atoms with van der Waals surface area (Å²) in [6.07, 6.45) is 3.32. The number of hydrogen-bond acceptors (Lipinski definition) is 4. The van der Waals surface area contributed by atoms with Gasteiger partial charge in [0.15, 0.2) is 0 Å². The quantitative estimate of drug-likeness (QED) is 0.783. The van der Waals surface area contributed by atoms with Crippen molar-refractivity contribution in [1.29, 1.82) is 0 Å². The van der Waals surface area contributed by atoms with Gasteiger partial charge < -0.3 is 9.64 Å². The number of esters is 1. The lowest BCUT2D eigenvalue weighted by molar-refractivity contribution is -0.147. The average molecular weight is 290 g/mol. The van der Waals surface area contributed by atoms with Gasteiger partial charge in [0.2, 0.25) is 0 Å². The maximum atomic E-state index is 12.2. The zero-order valence-corrected chi connectivity index (χ0v) is 13.5. The molecule has 4 nitrogen and oxygen atoms in total. The lowest BCUT2D eigenvalue weighted by Crippen LogP contribution is -2.57. The standard InChI is InChI=1S/C17H26N2O2/c1-5-13-6-10-15(11-7-13)19(3)12-17(2,16(20)21-4)18-14-8-9-14/h6-7,10-11,14,18H,5,8-9,12H2,1-4H3. The van der Waals surface area contributed by atoms with Crippen LogP contribution in [0.3, 0.4) is 0 Å². The normalized spacial score (nSPS) is 17.1. The number of aryl methyl sites for hydroxylation is 1. The Kier molecular flexibility index (Phi) is 4.88. The fourth-order valence-electron chi connectivity index (χ4n) is 2.62. The Labute approximate surface area is 127 Å². The number of likely N-dealkylation sites (N-methyl/N-ethyl adjacent to an activating group) is 1. The van der Waals surface area contributed by atoms with Gasteiger partial charge in [0.25, 0.3) is 0 Å². The van der Waals surface area contributed by atoms with Crippen LogP contribution in [0.5, 0.6) is 0 Å². The molecule has 1 aromatic carbocycles. The summed E-state index contributed by atoms with van der Waals surface area (Å²) in [5.41, 5.74) is 1.76. The Bertz CT molecular complexity index is 482. The first-order valence-electron chi connectivity index (χ1n) is 7.64. The molecule has 0 amide bonds. The van der Waals surface area contributed by atoms with Crippen molar-refractivity contribution in [2.45, 2.75) is 44.7 Å². The van der Waals surface area contributed by atoms with E-state index >= 15 is 0 Å². The molecule has 1 fully saturated rings. The fraction of sp³-hybridized carbons (Fsp3) is 0.588. The van der Waals surface area contributed by atoms with E-state index in [1.54, 1.807) is 0 Å². The molecule has 0 aliphatic heterocycles. The van der Waals surface area contributed by atoms with Gasteiger partial charge in [-0.25, -0.2) is 4.79 Å². The molecule has 4 heteroatoms. The van der Waals surface area contributed by atoms with Crippen molar-refractivity contribution in [2.75, 3.05) is 25.6 Å². The van der Waals surface area contributed by atoms with E-state index in [2.05, 4.69) is 41.4 Å². The number of nitrogens with zero attached hydrogens (tertiary/aromatic N) is 1. The fourth-order valence-corrected chi connectivity index (χ4v) is 2.62. The van der Waals surface area contributed by atoms with Crippen LogP contribution in [0.2, 0.25) is 0 Å². The maximum Gasteiger partial charge on any atom is 0.327 e. The third-order valence-corrected chi connectivity index (χ3v) is 4.07. The predicted octanol–water partition coefficient (Wildman–Crippen LogP) is 2.37. The van der Waals surface area contributed by atoms with E-state index in [1.165, 1.54) is 12.7 Å². The number of carbonyl (C=O) groups is 1. The van der Waals surface area contributed by atoms with E-state index in [0.717, 1.165) is 24.9 Å². The zero-order valence-electron chi connectivity index (χ0n) is 13.5. The van der Waals surface area contributed by atoms with E-state index < -0.39 is 5.54 Å². The van der Waals surface area contributed by atoms with Crippen molar-refractivity contribution in [2.24, 2.45) is 0 Å². The molecule has 0 aromatic heterocycles. The van der Waals surface area contributed by atoms with Gasteiger partial charge in [-0.15, -0.1) is 0 Å². The Balaban J connectivity index is 2.08. The van der Waals surface area contributed by atoms with Gasteiger partial charge in [0.1, 0.15) is 5.54 Å². The third kappa shape index (κ3) is 3.97. The van der Waals surface area contributed by atoms with Crippen molar-refractivity contribution in [3.63, 3.8) is 0 Å². The highest BCUT2D eigenvalue weighted by atomic mass is 16.5. The number of methoxy groups -OCH3 is 1. The molecule has 0 radical (unpaired) electrons. The summed E-state index contributed by atoms with van der Waals surface area (Å²) in [5.74, 6) is -0.202. The van der Waals surface area contributed by atoms with Crippen LogP contribution in [0, 0.1) is 0 Å². The molecule has 116 valence electrons. The minimum absolute atomic E-state index is 0.202. The van der Waals surface area contributed by atoms with E-state index in [9.17, 15) is 4.79 Å². The van der Waals surface area contributed by atoms with Crippen LogP contribution in [-0.4, -0.2) is 38.3 Å². The van der Waals surface area contributed by atoms with Gasteiger partial charge in [0.05, 0.1) is 7.11 Å². The van der Waals surface area contributed by atoms with Crippen LogP contribution in [0.25, 0.3) is 0 Å². The van der Waals surface area contributed by atoms with Crippen molar-refractivity contribution >= 4 is 11.7 Å². The number of hydrogen-bond donors (Lipinski definition) is 1. The Morgan fingerprint density at radius 2 is 2.00 bits per heavy atom. The Morgan fingerprint density at radius 3 is 2.48 bits per heavy atom. The second kappa shape index (κ2) is 6.48. The van der Waals surface area contributed by atoms with Crippen LogP contribution in [-0.2, 0) is 16.0 Å². The first-order valence-corrected chi connectivity index (χ1v) is 7.64. The summed E-state index contributed by atoms with van der Waals surface area (Å²) in [6, 6.07) is 8.93. The highest BCUT2D eigenvalue weighted by Crippen LogP contribution is 2.25. The van der Waals surface area contributed by atoms with E-state index in [-0.39, 0.29) is 5.97 Å². The topological polar surface area (TPSA) is 41.6 Å². The van der Waals surface area contributed by atoms with Crippen LogP contribution in [0.15, 0.2) is 24.3 Å². The third-order valence-electron chi connectivity index (χ3n) is 4.07. The van der Waals surface area contributed by atoms with Crippen LogP contribution < -0.4 is 10.2 Å². The van der Waals surface area contributed by atoms with E-state index in [1.807, 2.05) is 14.0 Å². The molecule has 0 bridgehead atoms. The van der Waals surface area contributed by atoms with Crippen LogP contribution in [0.1, 0.15) is 32.3 Å². The monoisotopic (exact) mass is 290 g/mol.